The van der Waals surface area contributed by atoms with Crippen LogP contribution in [-0.2, 0) is 6.54 Å². The molecule has 11 heavy (non-hydrogen) atoms. The standard InChI is InChI=1S/C10H14N/c1-3-10(2)9-11-7-5-4-6-8-11/h3-8,10H,1,9H2,2H3/q+1. The largest absolute Gasteiger partial charge is 0.205 e. The molecule has 0 aromatic carbocycles. The van der Waals surface area contributed by atoms with E-state index in [0.29, 0.717) is 5.92 Å². The minimum absolute atomic E-state index is 0.544. The van der Waals surface area contributed by atoms with Crippen LogP contribution in [0.3, 0.4) is 0 Å². The van der Waals surface area contributed by atoms with Gasteiger partial charge < -0.3 is 0 Å². The second-order valence-electron chi connectivity index (χ2n) is 2.79. The third-order valence-corrected chi connectivity index (χ3v) is 1.68. The lowest BCUT2D eigenvalue weighted by Gasteiger charge is -1.99. The van der Waals surface area contributed by atoms with Crippen molar-refractivity contribution < 1.29 is 4.57 Å². The SMILES string of the molecule is C=CC(C)C[n+]1ccccc1. The fourth-order valence-electron chi connectivity index (χ4n) is 0.963. The van der Waals surface area contributed by atoms with E-state index in [1.807, 2.05) is 24.3 Å². The van der Waals surface area contributed by atoms with Gasteiger partial charge in [0.1, 0.15) is 0 Å². The van der Waals surface area contributed by atoms with E-state index in [0.717, 1.165) is 6.54 Å². The van der Waals surface area contributed by atoms with Crippen molar-refractivity contribution in [1.29, 1.82) is 0 Å². The van der Waals surface area contributed by atoms with E-state index in [1.165, 1.54) is 0 Å². The molecule has 58 valence electrons. The smallest absolute Gasteiger partial charge is 0.168 e. The predicted octanol–water partition coefficient (Wildman–Crippen LogP) is 1.80. The summed E-state index contributed by atoms with van der Waals surface area (Å²) in [4.78, 5) is 0. The number of rotatable bonds is 3. The van der Waals surface area contributed by atoms with Crippen LogP contribution in [0.4, 0.5) is 0 Å². The Kier molecular flexibility index (Phi) is 2.84. The summed E-state index contributed by atoms with van der Waals surface area (Å²) < 4.78 is 2.16. The zero-order chi connectivity index (χ0) is 8.10. The van der Waals surface area contributed by atoms with E-state index < -0.39 is 0 Å². The molecule has 1 atom stereocenters. The molecule has 1 unspecified atom stereocenters. The zero-order valence-electron chi connectivity index (χ0n) is 6.90. The Morgan fingerprint density at radius 2 is 2.00 bits per heavy atom. The number of hydrogen-bond donors (Lipinski definition) is 0. The van der Waals surface area contributed by atoms with Crippen LogP contribution in [0.1, 0.15) is 6.92 Å². The summed E-state index contributed by atoms with van der Waals surface area (Å²) in [6.07, 6.45) is 6.11. The van der Waals surface area contributed by atoms with E-state index in [1.54, 1.807) is 0 Å². The molecule has 1 aromatic heterocycles. The van der Waals surface area contributed by atoms with Crippen molar-refractivity contribution in [3.63, 3.8) is 0 Å². The maximum Gasteiger partial charge on any atom is 0.168 e. The van der Waals surface area contributed by atoms with Crippen molar-refractivity contribution in [3.05, 3.63) is 43.2 Å². The molecule has 1 aromatic rings. The lowest BCUT2D eigenvalue weighted by Crippen LogP contribution is -2.35. The molecular formula is C10H14N+. The molecule has 0 radical (unpaired) electrons. The van der Waals surface area contributed by atoms with Crippen molar-refractivity contribution in [1.82, 2.24) is 0 Å². The van der Waals surface area contributed by atoms with E-state index >= 15 is 0 Å². The molecular weight excluding hydrogens is 134 g/mol. The summed E-state index contributed by atoms with van der Waals surface area (Å²) in [5.74, 6) is 0.544. The molecule has 0 aliphatic rings. The van der Waals surface area contributed by atoms with Crippen LogP contribution in [-0.4, -0.2) is 0 Å². The van der Waals surface area contributed by atoms with Gasteiger partial charge in [-0.1, -0.05) is 19.1 Å². The summed E-state index contributed by atoms with van der Waals surface area (Å²) in [5.41, 5.74) is 0. The highest BCUT2D eigenvalue weighted by molar-refractivity contribution is 4.84. The molecule has 1 heteroatoms. The van der Waals surface area contributed by atoms with Crippen molar-refractivity contribution >= 4 is 0 Å². The molecule has 0 aliphatic heterocycles. The van der Waals surface area contributed by atoms with Crippen molar-refractivity contribution in [2.24, 2.45) is 5.92 Å². The zero-order valence-corrected chi connectivity index (χ0v) is 6.90. The normalized spacial score (nSPS) is 12.5. The molecule has 0 bridgehead atoms. The Morgan fingerprint density at radius 3 is 2.55 bits per heavy atom. The molecule has 1 rings (SSSR count). The number of aromatic nitrogens is 1. The van der Waals surface area contributed by atoms with Crippen molar-refractivity contribution in [3.8, 4) is 0 Å². The van der Waals surface area contributed by atoms with Crippen LogP contribution in [0.25, 0.3) is 0 Å². The Bertz CT molecular complexity index is 216. The van der Waals surface area contributed by atoms with Gasteiger partial charge >= 0.3 is 0 Å². The molecule has 0 amide bonds. The Labute approximate surface area is 68.0 Å². The molecule has 0 aliphatic carbocycles. The maximum atomic E-state index is 3.74. The molecule has 0 N–H and O–H groups in total. The van der Waals surface area contributed by atoms with Crippen LogP contribution in [0.15, 0.2) is 43.2 Å². The fourth-order valence-corrected chi connectivity index (χ4v) is 0.963. The van der Waals surface area contributed by atoms with Crippen LogP contribution in [0.5, 0.6) is 0 Å². The quantitative estimate of drug-likeness (QED) is 0.454. The van der Waals surface area contributed by atoms with E-state index in [2.05, 4.69) is 30.5 Å². The van der Waals surface area contributed by atoms with Crippen LogP contribution >= 0.6 is 0 Å². The van der Waals surface area contributed by atoms with Gasteiger partial charge in [0.15, 0.2) is 18.9 Å². The second kappa shape index (κ2) is 3.91. The van der Waals surface area contributed by atoms with Crippen LogP contribution in [0.2, 0.25) is 0 Å². The molecule has 0 spiro atoms. The summed E-state index contributed by atoms with van der Waals surface area (Å²) in [6, 6.07) is 6.10. The average Bonchev–Trinajstić information content (AvgIpc) is 2.06. The lowest BCUT2D eigenvalue weighted by atomic mass is 10.2. The Morgan fingerprint density at radius 1 is 1.36 bits per heavy atom. The average molecular weight is 148 g/mol. The van der Waals surface area contributed by atoms with Crippen LogP contribution in [0, 0.1) is 5.92 Å². The van der Waals surface area contributed by atoms with Crippen molar-refractivity contribution in [2.75, 3.05) is 0 Å². The molecule has 1 heterocycles. The molecule has 0 saturated carbocycles. The van der Waals surface area contributed by atoms with Gasteiger partial charge in [-0.05, 0) is 0 Å². The number of nitrogens with zero attached hydrogens (tertiary/aromatic N) is 1. The minimum Gasteiger partial charge on any atom is -0.205 e. The number of allylic oxidation sites excluding steroid dienone is 1. The van der Waals surface area contributed by atoms with Gasteiger partial charge in [0.25, 0.3) is 0 Å². The summed E-state index contributed by atoms with van der Waals surface area (Å²) >= 11 is 0. The molecule has 0 fully saturated rings. The number of hydrogen-bond acceptors (Lipinski definition) is 0. The van der Waals surface area contributed by atoms with Gasteiger partial charge in [0.05, 0.1) is 0 Å². The first-order chi connectivity index (χ1) is 5.33. The highest BCUT2D eigenvalue weighted by Gasteiger charge is 2.02. The van der Waals surface area contributed by atoms with Crippen LogP contribution < -0.4 is 4.57 Å². The maximum absolute atomic E-state index is 3.74. The van der Waals surface area contributed by atoms with E-state index in [4.69, 9.17) is 0 Å². The lowest BCUT2D eigenvalue weighted by molar-refractivity contribution is -0.701. The summed E-state index contributed by atoms with van der Waals surface area (Å²) in [7, 11) is 0. The number of pyridine rings is 1. The first kappa shape index (κ1) is 7.99. The minimum atomic E-state index is 0.544. The van der Waals surface area contributed by atoms with Gasteiger partial charge in [0.2, 0.25) is 0 Å². The molecule has 1 nitrogen and oxygen atoms in total. The molecule has 0 saturated heterocycles. The topological polar surface area (TPSA) is 3.88 Å². The Balaban J connectivity index is 2.57. The third kappa shape index (κ3) is 2.54. The van der Waals surface area contributed by atoms with E-state index in [9.17, 15) is 0 Å². The first-order valence-electron chi connectivity index (χ1n) is 3.89. The monoisotopic (exact) mass is 148 g/mol. The van der Waals surface area contributed by atoms with Gasteiger partial charge in [0, 0.05) is 18.1 Å². The van der Waals surface area contributed by atoms with Gasteiger partial charge in [-0.15, -0.1) is 6.58 Å². The van der Waals surface area contributed by atoms with Crippen molar-refractivity contribution in [2.45, 2.75) is 13.5 Å². The third-order valence-electron chi connectivity index (χ3n) is 1.68. The van der Waals surface area contributed by atoms with E-state index in [-0.39, 0.29) is 0 Å². The second-order valence-corrected chi connectivity index (χ2v) is 2.79. The van der Waals surface area contributed by atoms with Gasteiger partial charge in [-0.25, -0.2) is 4.57 Å². The Hall–Kier alpha value is -1.11. The predicted molar refractivity (Wildman–Crippen MR) is 46.0 cm³/mol. The highest BCUT2D eigenvalue weighted by atomic mass is 14.9. The summed E-state index contributed by atoms with van der Waals surface area (Å²) in [6.45, 7) is 6.92. The van der Waals surface area contributed by atoms with Gasteiger partial charge in [-0.3, -0.25) is 0 Å². The first-order valence-corrected chi connectivity index (χ1v) is 3.89. The fraction of sp³-hybridized carbons (Fsp3) is 0.300. The van der Waals surface area contributed by atoms with Gasteiger partial charge in [-0.2, -0.15) is 0 Å². The summed E-state index contributed by atoms with van der Waals surface area (Å²) in [5, 5.41) is 0. The highest BCUT2D eigenvalue weighted by Crippen LogP contribution is 1.93.